The molecule has 0 atom stereocenters. The van der Waals surface area contributed by atoms with Crippen LogP contribution in [0.2, 0.25) is 5.02 Å². The van der Waals surface area contributed by atoms with Gasteiger partial charge in [0.1, 0.15) is 17.1 Å². The summed E-state index contributed by atoms with van der Waals surface area (Å²) in [6.07, 6.45) is 1.72. The topological polar surface area (TPSA) is 80.5 Å². The molecule has 0 fully saturated rings. The number of aromatic amines is 1. The maximum absolute atomic E-state index is 5.90. The van der Waals surface area contributed by atoms with Crippen LogP contribution in [0.1, 0.15) is 5.76 Å². The van der Waals surface area contributed by atoms with E-state index in [4.69, 9.17) is 16.1 Å². The Hall–Kier alpha value is -2.64. The first-order valence-corrected chi connectivity index (χ1v) is 8.82. The monoisotopic (exact) mass is 369 g/mol. The van der Waals surface area contributed by atoms with Crippen molar-refractivity contribution in [3.63, 3.8) is 0 Å². The third-order valence-electron chi connectivity index (χ3n) is 3.41. The van der Waals surface area contributed by atoms with Gasteiger partial charge in [-0.2, -0.15) is 4.98 Å². The first kappa shape index (κ1) is 15.9. The third kappa shape index (κ3) is 3.72. The standard InChI is InChI=1S/C17H12ClN5OS/c18-12-6-4-11(5-7-12)15-9-13(24-23-15)10-25-17-20-16(21-22-17)14-3-1-2-8-19-14/h1-9H,10H2,(H,20,21,22). The predicted octanol–water partition coefficient (Wildman–Crippen LogP) is 4.47. The Labute approximate surface area is 152 Å². The number of pyridine rings is 1. The van der Waals surface area contributed by atoms with E-state index in [1.54, 1.807) is 6.20 Å². The lowest BCUT2D eigenvalue weighted by Gasteiger charge is -1.94. The van der Waals surface area contributed by atoms with E-state index in [0.29, 0.717) is 21.8 Å². The van der Waals surface area contributed by atoms with Gasteiger partial charge in [-0.3, -0.25) is 10.1 Å². The zero-order valence-corrected chi connectivity index (χ0v) is 14.5. The van der Waals surface area contributed by atoms with Crippen LogP contribution in [-0.2, 0) is 5.75 Å². The highest BCUT2D eigenvalue weighted by molar-refractivity contribution is 7.98. The minimum atomic E-state index is 0.583. The van der Waals surface area contributed by atoms with Gasteiger partial charge in [0, 0.05) is 22.8 Å². The quantitative estimate of drug-likeness (QED) is 0.523. The molecule has 0 aliphatic rings. The number of aromatic nitrogens is 5. The van der Waals surface area contributed by atoms with Gasteiger partial charge >= 0.3 is 0 Å². The first-order chi connectivity index (χ1) is 12.3. The molecule has 0 saturated heterocycles. The second-order valence-corrected chi connectivity index (χ2v) is 6.53. The zero-order chi connectivity index (χ0) is 17.1. The van der Waals surface area contributed by atoms with Crippen molar-refractivity contribution in [1.29, 1.82) is 0 Å². The summed E-state index contributed by atoms with van der Waals surface area (Å²) in [6, 6.07) is 15.0. The summed E-state index contributed by atoms with van der Waals surface area (Å²) in [5, 5.41) is 12.5. The Kier molecular flexibility index (Phi) is 4.49. The van der Waals surface area contributed by atoms with Crippen molar-refractivity contribution in [2.24, 2.45) is 0 Å². The maximum Gasteiger partial charge on any atom is 0.209 e. The van der Waals surface area contributed by atoms with Crippen molar-refractivity contribution in [1.82, 2.24) is 25.3 Å². The number of rotatable bonds is 5. The SMILES string of the molecule is Clc1ccc(-c2cc(CSc3n[nH]c(-c4ccccn4)n3)on2)cc1. The molecule has 1 N–H and O–H groups in total. The molecule has 4 aromatic rings. The molecule has 3 heterocycles. The van der Waals surface area contributed by atoms with Crippen molar-refractivity contribution in [2.45, 2.75) is 10.9 Å². The number of H-pyrrole nitrogens is 1. The van der Waals surface area contributed by atoms with Gasteiger partial charge in [0.2, 0.25) is 5.16 Å². The highest BCUT2D eigenvalue weighted by atomic mass is 35.5. The molecule has 25 heavy (non-hydrogen) atoms. The molecule has 8 heteroatoms. The highest BCUT2D eigenvalue weighted by Crippen LogP contribution is 2.25. The number of nitrogens with zero attached hydrogens (tertiary/aromatic N) is 4. The van der Waals surface area contributed by atoms with Crippen LogP contribution in [0.15, 0.2) is 64.4 Å². The number of hydrogen-bond acceptors (Lipinski definition) is 6. The van der Waals surface area contributed by atoms with Crippen molar-refractivity contribution < 1.29 is 4.52 Å². The van der Waals surface area contributed by atoms with E-state index in [1.807, 2.05) is 48.5 Å². The molecule has 0 spiro atoms. The van der Waals surface area contributed by atoms with Gasteiger partial charge in [0.25, 0.3) is 0 Å². The van der Waals surface area contributed by atoms with Crippen molar-refractivity contribution in [2.75, 3.05) is 0 Å². The van der Waals surface area contributed by atoms with E-state index in [1.165, 1.54) is 11.8 Å². The summed E-state index contributed by atoms with van der Waals surface area (Å²) >= 11 is 7.36. The Balaban J connectivity index is 1.42. The molecule has 0 radical (unpaired) electrons. The van der Waals surface area contributed by atoms with E-state index >= 15 is 0 Å². The summed E-state index contributed by atoms with van der Waals surface area (Å²) in [5.74, 6) is 1.97. The number of nitrogens with one attached hydrogen (secondary N) is 1. The first-order valence-electron chi connectivity index (χ1n) is 7.46. The van der Waals surface area contributed by atoms with Gasteiger partial charge in [-0.15, -0.1) is 5.10 Å². The van der Waals surface area contributed by atoms with Gasteiger partial charge < -0.3 is 4.52 Å². The summed E-state index contributed by atoms with van der Waals surface area (Å²) in [4.78, 5) is 8.67. The highest BCUT2D eigenvalue weighted by Gasteiger charge is 2.10. The van der Waals surface area contributed by atoms with Gasteiger partial charge in [0.15, 0.2) is 5.82 Å². The fourth-order valence-electron chi connectivity index (χ4n) is 2.20. The van der Waals surface area contributed by atoms with E-state index in [2.05, 4.69) is 25.3 Å². The van der Waals surface area contributed by atoms with E-state index < -0.39 is 0 Å². The molecule has 0 unspecified atom stereocenters. The minimum absolute atomic E-state index is 0.583. The molecule has 3 aromatic heterocycles. The van der Waals surface area contributed by atoms with Crippen molar-refractivity contribution in [3.05, 3.63) is 65.5 Å². The lowest BCUT2D eigenvalue weighted by Crippen LogP contribution is -1.83. The third-order valence-corrected chi connectivity index (χ3v) is 4.54. The van der Waals surface area contributed by atoms with Crippen molar-refractivity contribution in [3.8, 4) is 22.8 Å². The van der Waals surface area contributed by atoms with E-state index in [0.717, 1.165) is 22.7 Å². The number of hydrogen-bond donors (Lipinski definition) is 1. The Morgan fingerprint density at radius 2 is 1.96 bits per heavy atom. The van der Waals surface area contributed by atoms with Gasteiger partial charge in [0.05, 0.1) is 5.75 Å². The summed E-state index contributed by atoms with van der Waals surface area (Å²) in [7, 11) is 0. The predicted molar refractivity (Wildman–Crippen MR) is 96.1 cm³/mol. The largest absolute Gasteiger partial charge is 0.360 e. The molecule has 0 saturated carbocycles. The second kappa shape index (κ2) is 7.08. The van der Waals surface area contributed by atoms with Crippen LogP contribution in [0.5, 0.6) is 0 Å². The van der Waals surface area contributed by atoms with Crippen molar-refractivity contribution >= 4 is 23.4 Å². The number of halogens is 1. The van der Waals surface area contributed by atoms with Crippen LogP contribution < -0.4 is 0 Å². The van der Waals surface area contributed by atoms with Gasteiger partial charge in [-0.1, -0.05) is 46.7 Å². The van der Waals surface area contributed by atoms with Crippen LogP contribution in [0.25, 0.3) is 22.8 Å². The molecule has 0 amide bonds. The molecule has 124 valence electrons. The zero-order valence-electron chi connectivity index (χ0n) is 12.9. The van der Waals surface area contributed by atoms with Crippen LogP contribution >= 0.6 is 23.4 Å². The maximum atomic E-state index is 5.90. The van der Waals surface area contributed by atoms with E-state index in [-0.39, 0.29) is 0 Å². The molecule has 6 nitrogen and oxygen atoms in total. The molecule has 0 aliphatic carbocycles. The Bertz CT molecular complexity index is 968. The Morgan fingerprint density at radius 3 is 2.76 bits per heavy atom. The average Bonchev–Trinajstić information content (AvgIpc) is 3.31. The molecule has 0 aliphatic heterocycles. The van der Waals surface area contributed by atoms with E-state index in [9.17, 15) is 0 Å². The van der Waals surface area contributed by atoms with Crippen LogP contribution in [-0.4, -0.2) is 25.3 Å². The normalized spacial score (nSPS) is 10.9. The summed E-state index contributed by atoms with van der Waals surface area (Å²) in [5.41, 5.74) is 2.49. The molecular weight excluding hydrogens is 358 g/mol. The van der Waals surface area contributed by atoms with Gasteiger partial charge in [-0.25, -0.2) is 0 Å². The van der Waals surface area contributed by atoms with Gasteiger partial charge in [-0.05, 0) is 24.3 Å². The summed E-state index contributed by atoms with van der Waals surface area (Å²) < 4.78 is 5.38. The average molecular weight is 370 g/mol. The smallest absolute Gasteiger partial charge is 0.209 e. The second-order valence-electron chi connectivity index (χ2n) is 5.16. The molecular formula is C17H12ClN5OS. The number of benzene rings is 1. The molecule has 4 rings (SSSR count). The Morgan fingerprint density at radius 1 is 1.08 bits per heavy atom. The number of thioether (sulfide) groups is 1. The lowest BCUT2D eigenvalue weighted by atomic mass is 10.1. The van der Waals surface area contributed by atoms with Crippen LogP contribution in [0, 0.1) is 0 Å². The molecule has 0 bridgehead atoms. The minimum Gasteiger partial charge on any atom is -0.360 e. The van der Waals surface area contributed by atoms with Crippen LogP contribution in [0.3, 0.4) is 0 Å². The molecule has 1 aromatic carbocycles. The fourth-order valence-corrected chi connectivity index (χ4v) is 3.00. The van der Waals surface area contributed by atoms with Crippen LogP contribution in [0.4, 0.5) is 0 Å². The summed E-state index contributed by atoms with van der Waals surface area (Å²) in [6.45, 7) is 0. The fraction of sp³-hybridized carbons (Fsp3) is 0.0588. The lowest BCUT2D eigenvalue weighted by molar-refractivity contribution is 0.397.